The lowest BCUT2D eigenvalue weighted by Gasteiger charge is -2.25. The van der Waals surface area contributed by atoms with Crippen molar-refractivity contribution < 1.29 is 14.5 Å². The molecule has 0 saturated carbocycles. The van der Waals surface area contributed by atoms with E-state index < -0.39 is 22.5 Å². The lowest BCUT2D eigenvalue weighted by Crippen LogP contribution is -2.40. The van der Waals surface area contributed by atoms with Crippen LogP contribution in [0, 0.1) is 10.1 Å². The zero-order chi connectivity index (χ0) is 24.6. The quantitative estimate of drug-likeness (QED) is 0.264. The molecular weight excluding hydrogens is 546 g/mol. The fourth-order valence-corrected chi connectivity index (χ4v) is 5.37. The Morgan fingerprint density at radius 3 is 2.76 bits per heavy atom. The molecule has 0 fully saturated rings. The number of hydrogen-bond donors (Lipinski definition) is 0. The van der Waals surface area contributed by atoms with E-state index in [0.29, 0.717) is 35.7 Å². The Labute approximate surface area is 210 Å². The van der Waals surface area contributed by atoms with Crippen molar-refractivity contribution in [1.29, 1.82) is 0 Å². The van der Waals surface area contributed by atoms with Gasteiger partial charge in [0.2, 0.25) is 0 Å². The molecule has 0 unspecified atom stereocenters. The minimum atomic E-state index is -0.828. The molecule has 0 amide bonds. The van der Waals surface area contributed by atoms with Crippen LogP contribution in [0.3, 0.4) is 0 Å². The molecule has 0 N–H and O–H groups in total. The van der Waals surface area contributed by atoms with E-state index in [1.165, 1.54) is 10.6 Å². The number of carbonyl (C=O) groups excluding carboxylic acids is 1. The molecule has 1 aromatic heterocycles. The fourth-order valence-electron chi connectivity index (χ4n) is 3.69. The van der Waals surface area contributed by atoms with Crippen LogP contribution in [-0.4, -0.2) is 22.1 Å². The van der Waals surface area contributed by atoms with E-state index in [4.69, 9.17) is 16.3 Å². The summed E-state index contributed by atoms with van der Waals surface area (Å²) in [5, 5.41) is 11.7. The molecule has 0 radical (unpaired) electrons. The Balaban J connectivity index is 1.97. The second-order valence-corrected chi connectivity index (χ2v) is 9.56. The van der Waals surface area contributed by atoms with E-state index in [0.717, 1.165) is 11.3 Å². The third-order valence-electron chi connectivity index (χ3n) is 5.18. The third-order valence-corrected chi connectivity index (χ3v) is 7.18. The highest BCUT2D eigenvalue weighted by Crippen LogP contribution is 2.34. The molecule has 34 heavy (non-hydrogen) atoms. The largest absolute Gasteiger partial charge is 0.463 e. The van der Waals surface area contributed by atoms with Gasteiger partial charge in [-0.25, -0.2) is 9.79 Å². The molecule has 0 saturated heterocycles. The minimum Gasteiger partial charge on any atom is -0.463 e. The van der Waals surface area contributed by atoms with Gasteiger partial charge in [-0.3, -0.25) is 19.5 Å². The first kappa shape index (κ1) is 24.1. The summed E-state index contributed by atoms with van der Waals surface area (Å²) < 4.78 is 7.33. The Hall–Kier alpha value is -3.08. The summed E-state index contributed by atoms with van der Waals surface area (Å²) in [7, 11) is 0. The Morgan fingerprint density at radius 1 is 1.35 bits per heavy atom. The van der Waals surface area contributed by atoms with Gasteiger partial charge in [-0.15, -0.1) is 0 Å². The van der Waals surface area contributed by atoms with Crippen molar-refractivity contribution in [3.05, 3.63) is 104 Å². The van der Waals surface area contributed by atoms with Gasteiger partial charge >= 0.3 is 5.97 Å². The number of allylic oxidation sites excluding steroid dienone is 1. The minimum absolute atomic E-state index is 0.115. The Kier molecular flexibility index (Phi) is 6.83. The number of thiazole rings is 1. The molecular formula is C23H17BrClN3O5S. The maximum Gasteiger partial charge on any atom is 0.338 e. The first-order valence-corrected chi connectivity index (χ1v) is 12.1. The van der Waals surface area contributed by atoms with Gasteiger partial charge in [0, 0.05) is 11.1 Å². The van der Waals surface area contributed by atoms with Crippen molar-refractivity contribution in [3.8, 4) is 0 Å². The molecule has 0 aliphatic carbocycles. The number of hydrogen-bond acceptors (Lipinski definition) is 7. The highest BCUT2D eigenvalue weighted by atomic mass is 79.9. The number of esters is 1. The number of nitro benzene ring substituents is 1. The number of rotatable bonds is 5. The van der Waals surface area contributed by atoms with Crippen LogP contribution >= 0.6 is 38.9 Å². The molecule has 2 aromatic carbocycles. The monoisotopic (exact) mass is 561 g/mol. The van der Waals surface area contributed by atoms with Crippen LogP contribution in [0.25, 0.3) is 6.08 Å². The second-order valence-electron chi connectivity index (χ2n) is 7.29. The van der Waals surface area contributed by atoms with Crippen LogP contribution in [-0.2, 0) is 9.53 Å². The van der Waals surface area contributed by atoms with Crippen LogP contribution in [0.1, 0.15) is 31.0 Å². The summed E-state index contributed by atoms with van der Waals surface area (Å²) in [6, 6.07) is 10.7. The van der Waals surface area contributed by atoms with E-state index in [2.05, 4.69) is 20.9 Å². The van der Waals surface area contributed by atoms with Gasteiger partial charge in [0.15, 0.2) is 4.80 Å². The number of benzene rings is 2. The van der Waals surface area contributed by atoms with Gasteiger partial charge in [-0.05, 0) is 59.1 Å². The molecule has 11 heteroatoms. The highest BCUT2D eigenvalue weighted by Gasteiger charge is 2.34. The molecule has 4 rings (SSSR count). The van der Waals surface area contributed by atoms with E-state index >= 15 is 0 Å². The van der Waals surface area contributed by atoms with Crippen LogP contribution < -0.4 is 14.9 Å². The smallest absolute Gasteiger partial charge is 0.338 e. The molecule has 174 valence electrons. The standard InChI is InChI=1S/C23H17BrClN3O5S/c1-3-33-22(30)19-12(2)26-23-27(20(19)14-6-4-5-7-16(14)25)21(29)18(34-23)11-13-8-9-15(24)17(10-13)28(31)32/h4-11,20H,3H2,1-2H3/b18-11+/t20-/m0/s1. The number of fused-ring (bicyclic) bond motifs is 1. The summed E-state index contributed by atoms with van der Waals surface area (Å²) in [6.45, 7) is 3.55. The molecule has 0 bridgehead atoms. The fraction of sp³-hybridized carbons (Fsp3) is 0.174. The lowest BCUT2D eigenvalue weighted by atomic mass is 9.96. The van der Waals surface area contributed by atoms with Gasteiger partial charge in [-0.2, -0.15) is 0 Å². The zero-order valence-corrected chi connectivity index (χ0v) is 21.1. The summed E-state index contributed by atoms with van der Waals surface area (Å²) in [5.74, 6) is -0.577. The lowest BCUT2D eigenvalue weighted by molar-refractivity contribution is -0.385. The van der Waals surface area contributed by atoms with E-state index in [9.17, 15) is 19.7 Å². The van der Waals surface area contributed by atoms with Crippen molar-refractivity contribution in [3.63, 3.8) is 0 Å². The van der Waals surface area contributed by atoms with Gasteiger partial charge < -0.3 is 4.74 Å². The van der Waals surface area contributed by atoms with E-state index in [1.54, 1.807) is 56.3 Å². The summed E-state index contributed by atoms with van der Waals surface area (Å²) in [5.41, 5.74) is 1.19. The molecule has 1 aliphatic rings. The van der Waals surface area contributed by atoms with Gasteiger partial charge in [0.1, 0.15) is 6.04 Å². The number of ether oxygens (including phenoxy) is 1. The molecule has 2 heterocycles. The first-order valence-electron chi connectivity index (χ1n) is 10.1. The van der Waals surface area contributed by atoms with Crippen LogP contribution in [0.2, 0.25) is 5.02 Å². The summed E-state index contributed by atoms with van der Waals surface area (Å²) >= 11 is 10.8. The van der Waals surface area contributed by atoms with Crippen LogP contribution in [0.4, 0.5) is 5.69 Å². The normalized spacial score (nSPS) is 15.6. The second kappa shape index (κ2) is 9.65. The topological polar surface area (TPSA) is 104 Å². The van der Waals surface area contributed by atoms with Gasteiger partial charge in [0.25, 0.3) is 11.2 Å². The predicted octanol–water partition coefficient (Wildman–Crippen LogP) is 4.12. The van der Waals surface area contributed by atoms with Crippen molar-refractivity contribution in [1.82, 2.24) is 4.57 Å². The first-order chi connectivity index (χ1) is 16.2. The average molecular weight is 563 g/mol. The molecule has 0 spiro atoms. The van der Waals surface area contributed by atoms with Crippen molar-refractivity contribution in [2.45, 2.75) is 19.9 Å². The molecule has 3 aromatic rings. The number of carbonyl (C=O) groups is 1. The van der Waals surface area contributed by atoms with Crippen molar-refractivity contribution >= 4 is 56.6 Å². The van der Waals surface area contributed by atoms with Crippen LogP contribution in [0.15, 0.2) is 68.0 Å². The summed E-state index contributed by atoms with van der Waals surface area (Å²) in [4.78, 5) is 42.1. The van der Waals surface area contributed by atoms with Gasteiger partial charge in [-0.1, -0.05) is 47.2 Å². The molecule has 1 aliphatic heterocycles. The maximum atomic E-state index is 13.6. The number of nitrogens with zero attached hydrogens (tertiary/aromatic N) is 3. The third kappa shape index (κ3) is 4.36. The van der Waals surface area contributed by atoms with Crippen LogP contribution in [0.5, 0.6) is 0 Å². The van der Waals surface area contributed by atoms with E-state index in [-0.39, 0.29) is 17.9 Å². The van der Waals surface area contributed by atoms with Crippen molar-refractivity contribution in [2.75, 3.05) is 6.61 Å². The Bertz CT molecular complexity index is 1540. The number of aromatic nitrogens is 1. The SMILES string of the molecule is CCOC(=O)C1=C(C)N=c2s/c(=C/c3ccc(Br)c([N+](=O)[O-])c3)c(=O)n2[C@H]1c1ccccc1Cl. The Morgan fingerprint density at radius 2 is 2.09 bits per heavy atom. The number of nitro groups is 1. The number of halogens is 2. The highest BCUT2D eigenvalue weighted by molar-refractivity contribution is 9.10. The van der Waals surface area contributed by atoms with Crippen molar-refractivity contribution in [2.24, 2.45) is 4.99 Å². The maximum absolute atomic E-state index is 13.6. The van der Waals surface area contributed by atoms with Gasteiger partial charge in [0.05, 0.1) is 31.8 Å². The molecule has 8 nitrogen and oxygen atoms in total. The average Bonchev–Trinajstić information content (AvgIpc) is 3.09. The predicted molar refractivity (Wildman–Crippen MR) is 133 cm³/mol. The zero-order valence-electron chi connectivity index (χ0n) is 18.0. The molecule has 1 atom stereocenters. The summed E-state index contributed by atoms with van der Waals surface area (Å²) in [6.07, 6.45) is 1.57. The van der Waals surface area contributed by atoms with E-state index in [1.807, 2.05) is 0 Å².